The van der Waals surface area contributed by atoms with Crippen molar-refractivity contribution in [1.82, 2.24) is 0 Å². The fourth-order valence-corrected chi connectivity index (χ4v) is 3.06. The standard InChI is InChI=1S/C16H28O10S/c1-4-16(3,7-5-6-10(2)8-17)25-15-13(20)14(26-27(21,22)23)12(19)11(9-18)24-15/h4,6,11-15,17-20H,1,5,7-9H2,2-3H3,(H,21,22,23)/b10-6+/t11-,12-,13-,14+,15+,16-/m1/s1. The van der Waals surface area contributed by atoms with E-state index in [1.165, 1.54) is 6.08 Å². The first kappa shape index (κ1) is 24.1. The molecule has 5 N–H and O–H groups in total. The minimum atomic E-state index is -4.98. The first-order valence-electron chi connectivity index (χ1n) is 8.32. The molecule has 1 aliphatic heterocycles. The highest BCUT2D eigenvalue weighted by Gasteiger charge is 2.49. The Morgan fingerprint density at radius 1 is 1.30 bits per heavy atom. The van der Waals surface area contributed by atoms with Crippen molar-refractivity contribution in [2.75, 3.05) is 13.2 Å². The van der Waals surface area contributed by atoms with E-state index in [1.54, 1.807) is 19.9 Å². The van der Waals surface area contributed by atoms with Gasteiger partial charge in [-0.2, -0.15) is 8.42 Å². The monoisotopic (exact) mass is 412 g/mol. The quantitative estimate of drug-likeness (QED) is 0.229. The van der Waals surface area contributed by atoms with Crippen molar-refractivity contribution in [3.63, 3.8) is 0 Å². The van der Waals surface area contributed by atoms with E-state index in [-0.39, 0.29) is 6.61 Å². The Morgan fingerprint density at radius 3 is 2.41 bits per heavy atom. The molecule has 0 radical (unpaired) electrons. The number of hydrogen-bond donors (Lipinski definition) is 5. The number of aliphatic hydroxyl groups is 4. The van der Waals surface area contributed by atoms with E-state index in [4.69, 9.17) is 19.1 Å². The van der Waals surface area contributed by atoms with Crippen LogP contribution in [0, 0.1) is 0 Å². The zero-order valence-electron chi connectivity index (χ0n) is 15.3. The number of allylic oxidation sites excluding steroid dienone is 1. The second-order valence-corrected chi connectivity index (χ2v) is 7.63. The highest BCUT2D eigenvalue weighted by Crippen LogP contribution is 2.30. The average molecular weight is 412 g/mol. The smallest absolute Gasteiger partial charge is 0.394 e. The SMILES string of the molecule is C=C[C@](C)(CC/C=C(\C)CO)O[C@@H]1O[C@H](CO)[C@@H](O)[C@H](OS(=O)(=O)O)[C@H]1O. The molecule has 1 aliphatic rings. The van der Waals surface area contributed by atoms with E-state index >= 15 is 0 Å². The molecule has 27 heavy (non-hydrogen) atoms. The lowest BCUT2D eigenvalue weighted by molar-refractivity contribution is -0.316. The average Bonchev–Trinajstić information content (AvgIpc) is 2.60. The fraction of sp³-hybridized carbons (Fsp3) is 0.750. The maximum absolute atomic E-state index is 11.0. The van der Waals surface area contributed by atoms with Gasteiger partial charge in [-0.05, 0) is 26.7 Å². The van der Waals surface area contributed by atoms with E-state index in [1.807, 2.05) is 0 Å². The Hall–Kier alpha value is -0.890. The van der Waals surface area contributed by atoms with Gasteiger partial charge in [-0.3, -0.25) is 4.55 Å². The van der Waals surface area contributed by atoms with E-state index in [9.17, 15) is 23.7 Å². The predicted molar refractivity (Wildman–Crippen MR) is 93.9 cm³/mol. The summed E-state index contributed by atoms with van der Waals surface area (Å²) < 4.78 is 46.2. The molecule has 6 atom stereocenters. The summed E-state index contributed by atoms with van der Waals surface area (Å²) in [6.07, 6.45) is -3.93. The summed E-state index contributed by atoms with van der Waals surface area (Å²) in [5.74, 6) is 0. The molecule has 0 aromatic heterocycles. The molecule has 1 rings (SSSR count). The van der Waals surface area contributed by atoms with Crippen LogP contribution in [0.2, 0.25) is 0 Å². The van der Waals surface area contributed by atoms with Crippen LogP contribution in [0.3, 0.4) is 0 Å². The van der Waals surface area contributed by atoms with E-state index in [0.717, 1.165) is 5.57 Å². The molecule has 0 unspecified atom stereocenters. The molecular formula is C16H28O10S. The number of hydrogen-bond acceptors (Lipinski definition) is 9. The molecule has 0 bridgehead atoms. The predicted octanol–water partition coefficient (Wildman–Crippen LogP) is -0.706. The number of aliphatic hydroxyl groups excluding tert-OH is 4. The second kappa shape index (κ2) is 10.0. The lowest BCUT2D eigenvalue weighted by atomic mass is 9.96. The van der Waals surface area contributed by atoms with Gasteiger partial charge in [-0.15, -0.1) is 6.58 Å². The summed E-state index contributed by atoms with van der Waals surface area (Å²) in [5, 5.41) is 38.7. The maximum atomic E-state index is 11.0. The van der Waals surface area contributed by atoms with Crippen LogP contribution in [-0.4, -0.2) is 82.9 Å². The van der Waals surface area contributed by atoms with Crippen molar-refractivity contribution in [3.05, 3.63) is 24.3 Å². The van der Waals surface area contributed by atoms with Crippen LogP contribution in [0.15, 0.2) is 24.3 Å². The minimum Gasteiger partial charge on any atom is -0.394 e. The van der Waals surface area contributed by atoms with Gasteiger partial charge in [0.1, 0.15) is 24.4 Å². The van der Waals surface area contributed by atoms with Gasteiger partial charge >= 0.3 is 10.4 Å². The Balaban J connectivity index is 2.95. The van der Waals surface area contributed by atoms with Gasteiger partial charge in [0.05, 0.1) is 18.8 Å². The third-order valence-corrected chi connectivity index (χ3v) is 4.72. The Morgan fingerprint density at radius 2 is 1.93 bits per heavy atom. The molecule has 1 saturated heterocycles. The normalized spacial score (nSPS) is 32.1. The topological polar surface area (TPSA) is 163 Å². The zero-order chi connectivity index (χ0) is 20.8. The molecule has 1 fully saturated rings. The summed E-state index contributed by atoms with van der Waals surface area (Å²) in [6.45, 7) is 6.29. The van der Waals surface area contributed by atoms with E-state index in [2.05, 4.69) is 10.8 Å². The van der Waals surface area contributed by atoms with Crippen LogP contribution in [0.4, 0.5) is 0 Å². The van der Waals surface area contributed by atoms with Crippen molar-refractivity contribution in [2.45, 2.75) is 63.0 Å². The molecule has 158 valence electrons. The van der Waals surface area contributed by atoms with Crippen LogP contribution in [0.25, 0.3) is 0 Å². The first-order chi connectivity index (χ1) is 12.5. The lowest BCUT2D eigenvalue weighted by Gasteiger charge is -2.43. The molecule has 0 aliphatic carbocycles. The van der Waals surface area contributed by atoms with Crippen LogP contribution in [-0.2, 0) is 24.1 Å². The molecule has 10 nitrogen and oxygen atoms in total. The van der Waals surface area contributed by atoms with Crippen molar-refractivity contribution < 1.29 is 47.1 Å². The fourth-order valence-electron chi connectivity index (χ4n) is 2.55. The Labute approximate surface area is 158 Å². The molecular weight excluding hydrogens is 384 g/mol. The van der Waals surface area contributed by atoms with Gasteiger partial charge in [0.25, 0.3) is 0 Å². The summed E-state index contributed by atoms with van der Waals surface area (Å²) in [6, 6.07) is 0. The molecule has 0 amide bonds. The van der Waals surface area contributed by atoms with Crippen LogP contribution >= 0.6 is 0 Å². The third kappa shape index (κ3) is 7.22. The second-order valence-electron chi connectivity index (χ2n) is 6.58. The van der Waals surface area contributed by atoms with E-state index in [0.29, 0.717) is 12.8 Å². The highest BCUT2D eigenvalue weighted by molar-refractivity contribution is 7.80. The van der Waals surface area contributed by atoms with E-state index < -0.39 is 53.3 Å². The molecule has 1 heterocycles. The summed E-state index contributed by atoms with van der Waals surface area (Å²) in [5.41, 5.74) is -0.261. The lowest BCUT2D eigenvalue weighted by Crippen LogP contribution is -2.61. The van der Waals surface area contributed by atoms with Crippen LogP contribution in [0.1, 0.15) is 26.7 Å². The molecule has 0 aromatic rings. The summed E-state index contributed by atoms with van der Waals surface area (Å²) in [7, 11) is -4.98. The molecule has 0 aromatic carbocycles. The van der Waals surface area contributed by atoms with Gasteiger partial charge in [0.15, 0.2) is 6.29 Å². The number of rotatable bonds is 10. The first-order valence-corrected chi connectivity index (χ1v) is 9.69. The Kier molecular flexibility index (Phi) is 8.99. The van der Waals surface area contributed by atoms with Gasteiger partial charge in [-0.25, -0.2) is 4.18 Å². The van der Waals surface area contributed by atoms with Gasteiger partial charge < -0.3 is 29.9 Å². The van der Waals surface area contributed by atoms with Gasteiger partial charge in [0.2, 0.25) is 0 Å². The largest absolute Gasteiger partial charge is 0.397 e. The summed E-state index contributed by atoms with van der Waals surface area (Å²) in [4.78, 5) is 0. The van der Waals surface area contributed by atoms with Gasteiger partial charge in [0, 0.05) is 0 Å². The Bertz CT molecular complexity index is 619. The van der Waals surface area contributed by atoms with Crippen LogP contribution in [0.5, 0.6) is 0 Å². The highest BCUT2D eigenvalue weighted by atomic mass is 32.3. The molecule has 0 spiro atoms. The number of ether oxygens (including phenoxy) is 2. The van der Waals surface area contributed by atoms with Crippen molar-refractivity contribution in [1.29, 1.82) is 0 Å². The molecule has 0 saturated carbocycles. The van der Waals surface area contributed by atoms with Crippen molar-refractivity contribution in [2.24, 2.45) is 0 Å². The van der Waals surface area contributed by atoms with Crippen LogP contribution < -0.4 is 0 Å². The van der Waals surface area contributed by atoms with Gasteiger partial charge in [-0.1, -0.05) is 17.7 Å². The third-order valence-electron chi connectivity index (χ3n) is 4.25. The maximum Gasteiger partial charge on any atom is 0.397 e. The minimum absolute atomic E-state index is 0.0825. The molecule has 11 heteroatoms. The van der Waals surface area contributed by atoms with Crippen molar-refractivity contribution in [3.8, 4) is 0 Å². The zero-order valence-corrected chi connectivity index (χ0v) is 16.1. The summed E-state index contributed by atoms with van der Waals surface area (Å²) >= 11 is 0. The van der Waals surface area contributed by atoms with Crippen molar-refractivity contribution >= 4 is 10.4 Å².